The lowest BCUT2D eigenvalue weighted by atomic mass is 9.97. The first-order valence-corrected chi connectivity index (χ1v) is 9.37. The van der Waals surface area contributed by atoms with Crippen LogP contribution >= 0.6 is 0 Å². The number of anilines is 1. The largest absolute Gasteiger partial charge is 0.493 e. The number of rotatable bonds is 5. The third-order valence-electron chi connectivity index (χ3n) is 4.96. The summed E-state index contributed by atoms with van der Waals surface area (Å²) in [6, 6.07) is 11.7. The van der Waals surface area contributed by atoms with E-state index in [1.54, 1.807) is 6.07 Å². The molecule has 0 spiro atoms. The van der Waals surface area contributed by atoms with Crippen LogP contribution in [0.2, 0.25) is 0 Å². The Morgan fingerprint density at radius 2 is 2.15 bits per heavy atom. The van der Waals surface area contributed by atoms with Gasteiger partial charge in [0, 0.05) is 18.8 Å². The highest BCUT2D eigenvalue weighted by atomic mass is 16.5. The Hall–Kier alpha value is -2.84. The number of likely N-dealkylation sites (N-methyl/N-ethyl adjacent to an activating group) is 1. The molecule has 0 radical (unpaired) electrons. The van der Waals surface area contributed by atoms with Crippen molar-refractivity contribution in [2.24, 2.45) is 0 Å². The fourth-order valence-corrected chi connectivity index (χ4v) is 3.53. The van der Waals surface area contributed by atoms with E-state index < -0.39 is 0 Å². The topological polar surface area (TPSA) is 65.4 Å². The molecule has 140 valence electrons. The fourth-order valence-electron chi connectivity index (χ4n) is 3.53. The fraction of sp³-hybridized carbons (Fsp3) is 0.364. The smallest absolute Gasteiger partial charge is 0.259 e. The Labute approximate surface area is 160 Å². The normalized spacial score (nSPS) is 13.6. The van der Waals surface area contributed by atoms with Gasteiger partial charge in [-0.15, -0.1) is 0 Å². The van der Waals surface area contributed by atoms with Crippen LogP contribution in [0.5, 0.6) is 5.75 Å². The maximum Gasteiger partial charge on any atom is 0.259 e. The summed E-state index contributed by atoms with van der Waals surface area (Å²) in [7, 11) is 2.10. The molecule has 5 nitrogen and oxygen atoms in total. The zero-order valence-corrected chi connectivity index (χ0v) is 16.1. The van der Waals surface area contributed by atoms with Gasteiger partial charge in [0.25, 0.3) is 5.91 Å². The van der Waals surface area contributed by atoms with Crippen molar-refractivity contribution in [3.63, 3.8) is 0 Å². The number of hydrogen-bond acceptors (Lipinski definition) is 4. The molecule has 0 saturated heterocycles. The van der Waals surface area contributed by atoms with E-state index in [9.17, 15) is 10.1 Å². The average molecular weight is 363 g/mol. The van der Waals surface area contributed by atoms with Crippen molar-refractivity contribution in [3.05, 3.63) is 58.1 Å². The predicted octanol–water partition coefficient (Wildman–Crippen LogP) is 3.76. The number of benzene rings is 2. The van der Waals surface area contributed by atoms with Gasteiger partial charge in [0.1, 0.15) is 5.75 Å². The van der Waals surface area contributed by atoms with E-state index in [0.717, 1.165) is 30.8 Å². The van der Waals surface area contributed by atoms with Crippen molar-refractivity contribution < 1.29 is 9.53 Å². The van der Waals surface area contributed by atoms with Crippen LogP contribution in [0.25, 0.3) is 0 Å². The quantitative estimate of drug-likeness (QED) is 0.878. The maximum absolute atomic E-state index is 13.0. The SMILES string of the molecule is CCOc1cc(CC)c(C#N)cc1C(=O)Nc1cccc2c1CCN(C)C2. The highest BCUT2D eigenvalue weighted by molar-refractivity contribution is 6.07. The molecule has 0 aliphatic carbocycles. The number of hydrogen-bond donors (Lipinski definition) is 1. The van der Waals surface area contributed by atoms with Crippen LogP contribution in [0.3, 0.4) is 0 Å². The molecule has 1 amide bonds. The molecule has 0 unspecified atom stereocenters. The molecule has 0 saturated carbocycles. The minimum Gasteiger partial charge on any atom is -0.493 e. The minimum atomic E-state index is -0.245. The molecule has 1 heterocycles. The lowest BCUT2D eigenvalue weighted by Crippen LogP contribution is -2.27. The zero-order chi connectivity index (χ0) is 19.4. The van der Waals surface area contributed by atoms with E-state index in [0.29, 0.717) is 29.9 Å². The standard InChI is InChI=1S/C22H25N3O2/c1-4-15-12-21(27-5-2)19(11-17(15)13-23)22(26)24-20-8-6-7-16-14-25(3)10-9-18(16)20/h6-8,11-12H,4-5,9-10,14H2,1-3H3,(H,24,26). The van der Waals surface area contributed by atoms with Crippen molar-refractivity contribution in [1.82, 2.24) is 4.90 Å². The van der Waals surface area contributed by atoms with Gasteiger partial charge >= 0.3 is 0 Å². The van der Waals surface area contributed by atoms with Crippen LogP contribution in [0, 0.1) is 11.3 Å². The van der Waals surface area contributed by atoms with Crippen molar-refractivity contribution in [2.75, 3.05) is 25.5 Å². The van der Waals surface area contributed by atoms with Gasteiger partial charge < -0.3 is 15.0 Å². The van der Waals surface area contributed by atoms with Gasteiger partial charge in [-0.1, -0.05) is 19.1 Å². The van der Waals surface area contributed by atoms with E-state index in [1.807, 2.05) is 32.0 Å². The van der Waals surface area contributed by atoms with Crippen LogP contribution < -0.4 is 10.1 Å². The monoisotopic (exact) mass is 363 g/mol. The molecule has 2 aromatic carbocycles. The molecule has 1 aliphatic rings. The lowest BCUT2D eigenvalue weighted by Gasteiger charge is -2.27. The van der Waals surface area contributed by atoms with Crippen LogP contribution in [0.4, 0.5) is 5.69 Å². The van der Waals surface area contributed by atoms with E-state index in [-0.39, 0.29) is 5.91 Å². The Morgan fingerprint density at radius 3 is 2.85 bits per heavy atom. The van der Waals surface area contributed by atoms with E-state index in [4.69, 9.17) is 4.74 Å². The Kier molecular flexibility index (Phi) is 5.78. The molecule has 27 heavy (non-hydrogen) atoms. The summed E-state index contributed by atoms with van der Waals surface area (Å²) in [4.78, 5) is 15.3. The molecule has 0 atom stereocenters. The van der Waals surface area contributed by atoms with Crippen molar-refractivity contribution in [2.45, 2.75) is 33.2 Å². The summed E-state index contributed by atoms with van der Waals surface area (Å²) >= 11 is 0. The second-order valence-electron chi connectivity index (χ2n) is 6.79. The van der Waals surface area contributed by atoms with Crippen molar-refractivity contribution in [3.8, 4) is 11.8 Å². The Morgan fingerprint density at radius 1 is 1.33 bits per heavy atom. The molecule has 3 rings (SSSR count). The van der Waals surface area contributed by atoms with Crippen LogP contribution in [0.15, 0.2) is 30.3 Å². The molecule has 0 fully saturated rings. The van der Waals surface area contributed by atoms with E-state index >= 15 is 0 Å². The molecule has 1 aliphatic heterocycles. The second kappa shape index (κ2) is 8.24. The van der Waals surface area contributed by atoms with Gasteiger partial charge in [0.05, 0.1) is 23.8 Å². The molecule has 1 N–H and O–H groups in total. The van der Waals surface area contributed by atoms with E-state index in [2.05, 4.69) is 29.4 Å². The van der Waals surface area contributed by atoms with Crippen LogP contribution in [-0.2, 0) is 19.4 Å². The number of nitriles is 1. The average Bonchev–Trinajstić information content (AvgIpc) is 2.67. The lowest BCUT2D eigenvalue weighted by molar-refractivity contribution is 0.102. The number of ether oxygens (including phenoxy) is 1. The number of carbonyl (C=O) groups excluding carboxylic acids is 1. The Bertz CT molecular complexity index is 899. The number of aryl methyl sites for hydroxylation is 1. The van der Waals surface area contributed by atoms with Gasteiger partial charge in [-0.05, 0) is 61.7 Å². The van der Waals surface area contributed by atoms with Gasteiger partial charge in [0.2, 0.25) is 0 Å². The molecular weight excluding hydrogens is 338 g/mol. The molecule has 0 bridgehead atoms. The summed E-state index contributed by atoms with van der Waals surface area (Å²) in [5.41, 5.74) is 5.07. The van der Waals surface area contributed by atoms with Crippen molar-refractivity contribution in [1.29, 1.82) is 5.26 Å². The molecular formula is C22H25N3O2. The summed E-state index contributed by atoms with van der Waals surface area (Å²) in [6.45, 7) is 6.18. The van der Waals surface area contributed by atoms with Crippen LogP contribution in [0.1, 0.15) is 46.5 Å². The minimum absolute atomic E-state index is 0.245. The summed E-state index contributed by atoms with van der Waals surface area (Å²) in [5.74, 6) is 0.278. The highest BCUT2D eigenvalue weighted by Crippen LogP contribution is 2.29. The van der Waals surface area contributed by atoms with Crippen molar-refractivity contribution >= 4 is 11.6 Å². The van der Waals surface area contributed by atoms with E-state index in [1.165, 1.54) is 11.1 Å². The number of fused-ring (bicyclic) bond motifs is 1. The second-order valence-corrected chi connectivity index (χ2v) is 6.79. The summed E-state index contributed by atoms with van der Waals surface area (Å²) in [5, 5.41) is 12.5. The first-order chi connectivity index (χ1) is 13.1. The highest BCUT2D eigenvalue weighted by Gasteiger charge is 2.20. The number of amides is 1. The van der Waals surface area contributed by atoms with Gasteiger partial charge in [-0.25, -0.2) is 0 Å². The number of nitrogens with one attached hydrogen (secondary N) is 1. The van der Waals surface area contributed by atoms with Gasteiger partial charge in [-0.3, -0.25) is 4.79 Å². The molecule has 5 heteroatoms. The van der Waals surface area contributed by atoms with Gasteiger partial charge in [-0.2, -0.15) is 5.26 Å². The number of nitrogens with zero attached hydrogens (tertiary/aromatic N) is 2. The zero-order valence-electron chi connectivity index (χ0n) is 16.1. The third kappa shape index (κ3) is 3.96. The number of carbonyl (C=O) groups is 1. The molecule has 0 aromatic heterocycles. The maximum atomic E-state index is 13.0. The van der Waals surface area contributed by atoms with Gasteiger partial charge in [0.15, 0.2) is 0 Å². The predicted molar refractivity (Wildman–Crippen MR) is 106 cm³/mol. The first-order valence-electron chi connectivity index (χ1n) is 9.37. The Balaban J connectivity index is 1.95. The van der Waals surface area contributed by atoms with Crippen LogP contribution in [-0.4, -0.2) is 31.0 Å². The summed E-state index contributed by atoms with van der Waals surface area (Å²) < 4.78 is 5.69. The summed E-state index contributed by atoms with van der Waals surface area (Å²) in [6.07, 6.45) is 1.61. The molecule has 2 aromatic rings. The third-order valence-corrected chi connectivity index (χ3v) is 4.96. The first kappa shape index (κ1) is 18.9.